The molecule has 23 rings (SSSR count). The van der Waals surface area contributed by atoms with Crippen molar-refractivity contribution in [1.82, 2.24) is 69.2 Å². The van der Waals surface area contributed by atoms with Gasteiger partial charge in [-0.3, -0.25) is 63.6 Å². The summed E-state index contributed by atoms with van der Waals surface area (Å²) in [5, 5.41) is 5.59. The molecule has 676 valence electrons. The normalized spacial score (nSPS) is 13.8. The van der Waals surface area contributed by atoms with Crippen molar-refractivity contribution in [3.63, 3.8) is 0 Å². The quantitative estimate of drug-likeness (QED) is 0.0770. The molecule has 0 spiro atoms. The highest BCUT2D eigenvalue weighted by atomic mass is 19.1. The van der Waals surface area contributed by atoms with Gasteiger partial charge in [-0.05, 0) is 219 Å². The predicted octanol–water partition coefficient (Wildman–Crippen LogP) is 18.9. The van der Waals surface area contributed by atoms with Crippen molar-refractivity contribution in [2.45, 2.75) is 78.4 Å². The average molecular weight is 1810 g/mol. The van der Waals surface area contributed by atoms with E-state index < -0.39 is 11.6 Å². The van der Waals surface area contributed by atoms with Crippen molar-refractivity contribution in [2.24, 2.45) is 12.0 Å². The molecule has 0 unspecified atom stereocenters. The molecule has 0 atom stereocenters. The molecule has 15 heterocycles. The first-order chi connectivity index (χ1) is 66.1. The molecule has 7 aliphatic heterocycles. The van der Waals surface area contributed by atoms with Crippen LogP contribution < -0.4 is 14.5 Å². The highest BCUT2D eigenvalue weighted by Crippen LogP contribution is 2.39. The van der Waals surface area contributed by atoms with Gasteiger partial charge in [-0.15, -0.1) is 0 Å². The number of hydrogen-bond acceptors (Lipinski definition) is 17. The maximum atomic E-state index is 14.8. The Labute approximate surface area is 780 Å². The van der Waals surface area contributed by atoms with Crippen molar-refractivity contribution in [1.29, 1.82) is 0 Å². The molecule has 0 N–H and O–H groups in total. The number of benzene rings is 8. The second-order valence-electron chi connectivity index (χ2n) is 34.1. The summed E-state index contributed by atoms with van der Waals surface area (Å²) in [7, 11) is 9.46. The van der Waals surface area contributed by atoms with Crippen LogP contribution in [-0.2, 0) is 85.5 Å². The van der Waals surface area contributed by atoms with Crippen LogP contribution in [0.15, 0.2) is 285 Å². The van der Waals surface area contributed by atoms with E-state index >= 15 is 0 Å². The third-order valence-electron chi connectivity index (χ3n) is 25.2. The van der Waals surface area contributed by atoms with E-state index in [1.54, 1.807) is 155 Å². The number of aliphatic imine (C=N–C) groups is 1. The summed E-state index contributed by atoms with van der Waals surface area (Å²) < 4.78 is 81.1. The number of nitrogens with zero attached hydrogens (tertiary/aromatic N) is 17. The van der Waals surface area contributed by atoms with Crippen LogP contribution in [0.3, 0.4) is 0 Å². The first-order valence-electron chi connectivity index (χ1n) is 44.2. The monoisotopic (exact) mass is 1810 g/mol. The Hall–Kier alpha value is -16.7. The van der Waals surface area contributed by atoms with Gasteiger partial charge < -0.3 is 39.0 Å². The molecule has 5 amide bonds. The molecule has 0 radical (unpaired) electrons. The second-order valence-corrected chi connectivity index (χ2v) is 34.1. The minimum atomic E-state index is -0.644. The number of amides is 5. The van der Waals surface area contributed by atoms with Crippen LogP contribution >= 0.6 is 0 Å². The highest BCUT2D eigenvalue weighted by molar-refractivity contribution is 6.01. The minimum absolute atomic E-state index is 0.0133. The summed E-state index contributed by atoms with van der Waals surface area (Å²) in [6, 6.07) is 67.3. The lowest BCUT2D eigenvalue weighted by Gasteiger charge is -2.18. The second kappa shape index (κ2) is 38.3. The molecule has 28 heteroatoms. The van der Waals surface area contributed by atoms with Gasteiger partial charge in [-0.25, -0.2) is 26.9 Å². The maximum Gasteiger partial charge on any atom is 0.256 e. The Morgan fingerprint density at radius 2 is 0.787 bits per heavy atom. The summed E-state index contributed by atoms with van der Waals surface area (Å²) in [4.78, 5) is 108. The predicted molar refractivity (Wildman–Crippen MR) is 507 cm³/mol. The van der Waals surface area contributed by atoms with Gasteiger partial charge in [-0.1, -0.05) is 78.9 Å². The van der Waals surface area contributed by atoms with Gasteiger partial charge in [0, 0.05) is 161 Å². The van der Waals surface area contributed by atoms with Crippen molar-refractivity contribution in [3.8, 4) is 61.4 Å². The van der Waals surface area contributed by atoms with Gasteiger partial charge in [0.1, 0.15) is 40.7 Å². The Balaban J connectivity index is 0.000000109. The van der Waals surface area contributed by atoms with E-state index in [4.69, 9.17) is 4.74 Å². The van der Waals surface area contributed by atoms with E-state index in [9.17, 15) is 45.9 Å². The molecular weight excluding hydrogens is 1730 g/mol. The van der Waals surface area contributed by atoms with Crippen LogP contribution in [0.4, 0.5) is 33.5 Å². The zero-order chi connectivity index (χ0) is 93.9. The summed E-state index contributed by atoms with van der Waals surface area (Å²) in [5.41, 5.74) is 23.2. The van der Waals surface area contributed by atoms with Crippen LogP contribution in [0.1, 0.15) is 125 Å². The van der Waals surface area contributed by atoms with Crippen LogP contribution in [0.25, 0.3) is 66.5 Å². The number of anilines is 2. The first kappa shape index (κ1) is 88.6. The van der Waals surface area contributed by atoms with Gasteiger partial charge in [0.25, 0.3) is 29.5 Å². The highest BCUT2D eigenvalue weighted by Gasteiger charge is 2.35. The van der Waals surface area contributed by atoms with Crippen LogP contribution in [-0.4, -0.2) is 140 Å². The van der Waals surface area contributed by atoms with E-state index in [-0.39, 0.29) is 85.3 Å². The van der Waals surface area contributed by atoms with Gasteiger partial charge in [0.15, 0.2) is 0 Å². The number of pyridine rings is 7. The molecule has 0 bridgehead atoms. The van der Waals surface area contributed by atoms with E-state index in [0.717, 1.165) is 131 Å². The summed E-state index contributed by atoms with van der Waals surface area (Å²) in [6.07, 6.45) is 18.2. The lowest BCUT2D eigenvalue weighted by molar-refractivity contribution is 0.0756. The Morgan fingerprint density at radius 3 is 1.26 bits per heavy atom. The smallest absolute Gasteiger partial charge is 0.256 e. The Morgan fingerprint density at radius 1 is 0.375 bits per heavy atom. The number of methoxy groups -OCH3 is 1. The van der Waals surface area contributed by atoms with Gasteiger partial charge in [0.05, 0.1) is 121 Å². The number of aromatic nitrogens is 9. The first-order valence-corrected chi connectivity index (χ1v) is 44.2. The number of ether oxygens (including phenoxy) is 1. The van der Waals surface area contributed by atoms with Gasteiger partial charge in [0.2, 0.25) is 0 Å². The summed E-state index contributed by atoms with van der Waals surface area (Å²) in [6.45, 7) is 4.70. The van der Waals surface area contributed by atoms with Crippen LogP contribution in [0, 0.1) is 29.1 Å². The molecule has 7 aliphatic rings. The summed E-state index contributed by atoms with van der Waals surface area (Å²) in [5.74, 6) is -1.18. The van der Waals surface area contributed by atoms with E-state index in [2.05, 4.69) is 68.1 Å². The molecule has 0 fully saturated rings. The topological polar surface area (TPSA) is 238 Å². The third-order valence-corrected chi connectivity index (χ3v) is 25.2. The standard InChI is InChI=1S/C23H19F2N3O.C23H20N4O2.C22H16FN3O.C21H19FN4O.C19H14FN3O/c1-27-8-6-15-9-14(4-5-22(15)27)16-10-19(24)18(20(25)11-16)12-28-13-21-17(23(28)29)3-2-7-26-21;1-26-13-19-17(5-3-7-20(19)25-26)15-8-9-16(22(11-15)29-2)12-27-14-21-18(23(27)28)6-4-10-24-21;23-20-9-15(14-3-5-16-10-24-11-18(16)8-14)4-6-17(20)12-26-13-21-19(22(26)27)2-1-7-25-21;1-25(2)20-8-7-15(11-24-20)14-5-6-16(18(22)10-14)12-26-13-19-17(21(26)27)4-3-9-23-19;20-17-10-14(13-5-8-21-9-6-13)3-4-15(17)11-23-12-18-16(19(23)24)2-1-7-22-18/h2-5,7,9-11H,6,8,12-13H2,1H3;3-11,13H,12,14H2,1-2H3;1-10H,11-13H2;3-11H,12-13H2,1-2H3;1-10H,11-12H2. The number of rotatable bonds is 17. The number of carbonyl (C=O) groups is 5. The average Bonchev–Trinajstić information content (AvgIpc) is 1.59. The van der Waals surface area contributed by atoms with E-state index in [1.807, 2.05) is 153 Å². The fourth-order valence-corrected chi connectivity index (χ4v) is 17.9. The molecular formula is C108H88F5N17O6. The zero-order valence-corrected chi connectivity index (χ0v) is 74.8. The van der Waals surface area contributed by atoms with Gasteiger partial charge >= 0.3 is 0 Å². The lowest BCUT2D eigenvalue weighted by atomic mass is 9.99. The fraction of sp³-hybridized carbons (Fsp3) is 0.167. The molecule has 136 heavy (non-hydrogen) atoms. The molecule has 8 aromatic heterocycles. The molecule has 16 aromatic rings. The number of fused-ring (bicyclic) bond motifs is 8. The largest absolute Gasteiger partial charge is 0.496 e. The summed E-state index contributed by atoms with van der Waals surface area (Å²) >= 11 is 0. The van der Waals surface area contributed by atoms with Crippen molar-refractivity contribution < 1.29 is 50.7 Å². The Bertz CT molecular complexity index is 7400. The fourth-order valence-electron chi connectivity index (χ4n) is 17.9. The number of halogens is 5. The molecule has 8 aromatic carbocycles. The van der Waals surface area contributed by atoms with Crippen molar-refractivity contribution >= 4 is 58.2 Å². The molecule has 0 saturated heterocycles. The van der Waals surface area contributed by atoms with Crippen molar-refractivity contribution in [3.05, 3.63) is 410 Å². The number of aryl methyl sites for hydroxylation is 1. The van der Waals surface area contributed by atoms with Gasteiger partial charge in [-0.2, -0.15) is 5.10 Å². The number of carbonyl (C=O) groups excluding carboxylic acids is 5. The van der Waals surface area contributed by atoms with Crippen LogP contribution in [0.2, 0.25) is 0 Å². The molecule has 0 aliphatic carbocycles. The molecule has 23 nitrogen and oxygen atoms in total. The number of likely N-dealkylation sites (N-methyl/N-ethyl adjacent to an activating group) is 1. The molecule has 0 saturated carbocycles. The third kappa shape index (κ3) is 18.5. The van der Waals surface area contributed by atoms with Crippen molar-refractivity contribution in [2.75, 3.05) is 44.6 Å². The van der Waals surface area contributed by atoms with Crippen LogP contribution in [0.5, 0.6) is 5.75 Å². The zero-order valence-electron chi connectivity index (χ0n) is 74.8. The number of hydrogen-bond donors (Lipinski definition) is 0. The van der Waals surface area contributed by atoms with E-state index in [1.165, 1.54) is 34.7 Å². The Kier molecular flexibility index (Phi) is 24.9. The maximum absolute atomic E-state index is 14.8. The minimum Gasteiger partial charge on any atom is -0.496 e. The lowest BCUT2D eigenvalue weighted by Crippen LogP contribution is -2.24. The SMILES string of the molecule is CN(C)c1ccc(-c2ccc(CN3Cc4ncccc4C3=O)c(F)c2)cn1.CN1CCc2cc(-c3cc(F)c(CN4Cc5ncccc5C4=O)c(F)c3)ccc21.COc1cc(-c2cccc3nn(C)cc23)ccc1CN1Cc2ncccc2C1=O.O=C1c2cccnc2CN1Cc1ccc(-c2ccc3c(c2)CN=C3)cc1F.O=C1c2cccnc2CN1Cc1ccc(-c2ccncc2)cc1F. The van der Waals surface area contributed by atoms with E-state index in [0.29, 0.717) is 95.0 Å².